The van der Waals surface area contributed by atoms with Crippen molar-refractivity contribution in [3.63, 3.8) is 0 Å². The van der Waals surface area contributed by atoms with Crippen LogP contribution in [0.15, 0.2) is 58.1 Å². The third-order valence-corrected chi connectivity index (χ3v) is 6.09. The lowest BCUT2D eigenvalue weighted by Gasteiger charge is -2.25. The van der Waals surface area contributed by atoms with Gasteiger partial charge in [-0.15, -0.1) is 0 Å². The molecule has 4 aromatic rings. The van der Waals surface area contributed by atoms with E-state index in [4.69, 9.17) is 0 Å². The summed E-state index contributed by atoms with van der Waals surface area (Å²) in [5, 5.41) is 15.6. The van der Waals surface area contributed by atoms with Crippen LogP contribution < -0.4 is 16.6 Å². The Morgan fingerprint density at radius 3 is 2.52 bits per heavy atom. The Kier molecular flexibility index (Phi) is 4.55. The van der Waals surface area contributed by atoms with Crippen molar-refractivity contribution in [2.75, 3.05) is 6.54 Å². The van der Waals surface area contributed by atoms with Gasteiger partial charge in [-0.2, -0.15) is 0 Å². The zero-order chi connectivity index (χ0) is 21.7. The first-order valence-electron chi connectivity index (χ1n) is 10.5. The van der Waals surface area contributed by atoms with Crippen LogP contribution in [0, 0.1) is 0 Å². The van der Waals surface area contributed by atoms with Gasteiger partial charge in [0, 0.05) is 23.1 Å². The van der Waals surface area contributed by atoms with Crippen LogP contribution in [0.4, 0.5) is 0 Å². The second kappa shape index (κ2) is 7.28. The summed E-state index contributed by atoms with van der Waals surface area (Å²) in [5.74, 6) is -0.00701. The lowest BCUT2D eigenvalue weighted by molar-refractivity contribution is 0.409. The minimum Gasteiger partial charge on any atom is -0.494 e. The van der Waals surface area contributed by atoms with Crippen molar-refractivity contribution < 1.29 is 5.11 Å². The molecule has 3 heterocycles. The van der Waals surface area contributed by atoms with Crippen LogP contribution in [0.3, 0.4) is 0 Å². The second-order valence-corrected chi connectivity index (χ2v) is 8.28. The molecule has 158 valence electrons. The smallest absolute Gasteiger partial charge is 0.335 e. The van der Waals surface area contributed by atoms with Crippen molar-refractivity contribution in [3.05, 3.63) is 91.8 Å². The predicted octanol–water partition coefficient (Wildman–Crippen LogP) is 3.07. The van der Waals surface area contributed by atoms with Crippen LogP contribution in [0.5, 0.6) is 5.88 Å². The van der Waals surface area contributed by atoms with Crippen LogP contribution in [0.2, 0.25) is 0 Å². The van der Waals surface area contributed by atoms with Gasteiger partial charge in [0.2, 0.25) is 5.88 Å². The van der Waals surface area contributed by atoms with E-state index < -0.39 is 17.3 Å². The Balaban J connectivity index is 1.69. The fraction of sp³-hybridized carbons (Fsp3) is 0.250. The van der Waals surface area contributed by atoms with Crippen LogP contribution in [-0.4, -0.2) is 26.2 Å². The molecule has 1 aliphatic heterocycles. The van der Waals surface area contributed by atoms with Gasteiger partial charge in [0.05, 0.1) is 11.7 Å². The number of benzene rings is 2. The van der Waals surface area contributed by atoms with Gasteiger partial charge in [-0.1, -0.05) is 44.2 Å². The standard InChI is InChI=1S/C24H24N4O3/c1-13(2)14-7-9-15(10-8-14)28-23(30)19(22(29)27-24(28)31)21-20-17(11-12-25-21)16-5-3-4-6-18(16)26-20/h3-10,13,21,25-26,30H,11-12H2,1-2H3,(H,27,29,31). The SMILES string of the molecule is CC(C)c1ccc(-n2c(O)c(C3NCCc4c3[nH]c3ccccc43)c(=O)[nH]c2=O)cc1. The van der Waals surface area contributed by atoms with E-state index in [2.05, 4.69) is 29.1 Å². The third kappa shape index (κ3) is 3.09. The number of aromatic nitrogens is 3. The van der Waals surface area contributed by atoms with E-state index in [0.717, 1.165) is 38.7 Å². The number of fused-ring (bicyclic) bond motifs is 3. The quantitative estimate of drug-likeness (QED) is 0.412. The van der Waals surface area contributed by atoms with Crippen LogP contribution in [0.25, 0.3) is 16.6 Å². The molecule has 1 atom stereocenters. The van der Waals surface area contributed by atoms with E-state index >= 15 is 0 Å². The number of rotatable bonds is 3. The molecule has 2 aromatic carbocycles. The molecule has 0 bridgehead atoms. The van der Waals surface area contributed by atoms with Crippen LogP contribution in [0.1, 0.15) is 48.2 Å². The van der Waals surface area contributed by atoms with Crippen molar-refractivity contribution in [1.29, 1.82) is 0 Å². The summed E-state index contributed by atoms with van der Waals surface area (Å²) in [5.41, 5.74) is 3.42. The molecule has 31 heavy (non-hydrogen) atoms. The summed E-state index contributed by atoms with van der Waals surface area (Å²) in [6.45, 7) is 4.83. The Bertz CT molecular complexity index is 1390. The van der Waals surface area contributed by atoms with E-state index in [1.54, 1.807) is 12.1 Å². The fourth-order valence-electron chi connectivity index (χ4n) is 4.47. The van der Waals surface area contributed by atoms with Gasteiger partial charge in [0.25, 0.3) is 5.56 Å². The number of aromatic amines is 2. The highest BCUT2D eigenvalue weighted by Gasteiger charge is 2.31. The molecular formula is C24H24N4O3. The molecule has 0 saturated carbocycles. The largest absolute Gasteiger partial charge is 0.494 e. The molecule has 5 rings (SSSR count). The number of nitrogens with one attached hydrogen (secondary N) is 3. The lowest BCUT2D eigenvalue weighted by Crippen LogP contribution is -2.38. The van der Waals surface area contributed by atoms with E-state index in [-0.39, 0.29) is 11.4 Å². The van der Waals surface area contributed by atoms with E-state index in [9.17, 15) is 14.7 Å². The summed E-state index contributed by atoms with van der Waals surface area (Å²) < 4.78 is 1.15. The minimum atomic E-state index is -0.670. The summed E-state index contributed by atoms with van der Waals surface area (Å²) in [7, 11) is 0. The summed E-state index contributed by atoms with van der Waals surface area (Å²) in [6, 6.07) is 14.8. The molecule has 1 unspecified atom stereocenters. The van der Waals surface area contributed by atoms with Crippen molar-refractivity contribution in [1.82, 2.24) is 19.9 Å². The third-order valence-electron chi connectivity index (χ3n) is 6.09. The van der Waals surface area contributed by atoms with E-state index in [1.807, 2.05) is 36.4 Å². The predicted molar refractivity (Wildman–Crippen MR) is 120 cm³/mol. The first-order chi connectivity index (χ1) is 15.0. The Labute approximate surface area is 178 Å². The lowest BCUT2D eigenvalue weighted by atomic mass is 9.95. The van der Waals surface area contributed by atoms with Crippen LogP contribution >= 0.6 is 0 Å². The van der Waals surface area contributed by atoms with Gasteiger partial charge in [-0.25, -0.2) is 9.36 Å². The number of hydrogen-bond acceptors (Lipinski definition) is 4. The molecule has 0 radical (unpaired) electrons. The monoisotopic (exact) mass is 416 g/mol. The molecule has 0 spiro atoms. The Hall–Kier alpha value is -3.58. The highest BCUT2D eigenvalue weighted by molar-refractivity contribution is 5.85. The highest BCUT2D eigenvalue weighted by Crippen LogP contribution is 2.35. The van der Waals surface area contributed by atoms with Crippen molar-refractivity contribution >= 4 is 10.9 Å². The zero-order valence-corrected chi connectivity index (χ0v) is 17.4. The topological polar surface area (TPSA) is 103 Å². The van der Waals surface area contributed by atoms with Gasteiger partial charge < -0.3 is 15.4 Å². The normalized spacial score (nSPS) is 16.0. The number of hydrogen-bond donors (Lipinski definition) is 4. The maximum Gasteiger partial charge on any atom is 0.335 e. The van der Waals surface area contributed by atoms with Gasteiger partial charge in [0.1, 0.15) is 5.56 Å². The number of nitrogens with zero attached hydrogens (tertiary/aromatic N) is 1. The Morgan fingerprint density at radius 2 is 1.77 bits per heavy atom. The van der Waals surface area contributed by atoms with Gasteiger partial charge in [0.15, 0.2) is 0 Å². The molecule has 7 nitrogen and oxygen atoms in total. The van der Waals surface area contributed by atoms with Gasteiger partial charge in [-0.05, 0) is 41.7 Å². The second-order valence-electron chi connectivity index (χ2n) is 8.28. The molecule has 0 amide bonds. The number of para-hydroxylation sites is 1. The maximum absolute atomic E-state index is 12.8. The average Bonchev–Trinajstić information content (AvgIpc) is 3.13. The molecule has 4 N–H and O–H groups in total. The van der Waals surface area contributed by atoms with E-state index in [1.165, 1.54) is 0 Å². The van der Waals surface area contributed by atoms with Gasteiger partial charge >= 0.3 is 5.69 Å². The van der Waals surface area contributed by atoms with Crippen molar-refractivity contribution in [3.8, 4) is 11.6 Å². The Morgan fingerprint density at radius 1 is 1.03 bits per heavy atom. The molecule has 7 heteroatoms. The average molecular weight is 416 g/mol. The fourth-order valence-corrected chi connectivity index (χ4v) is 4.47. The molecular weight excluding hydrogens is 392 g/mol. The summed E-state index contributed by atoms with van der Waals surface area (Å²) >= 11 is 0. The summed E-state index contributed by atoms with van der Waals surface area (Å²) in [4.78, 5) is 31.2. The molecule has 2 aromatic heterocycles. The molecule has 1 aliphatic rings. The van der Waals surface area contributed by atoms with Crippen molar-refractivity contribution in [2.45, 2.75) is 32.2 Å². The number of H-pyrrole nitrogens is 2. The highest BCUT2D eigenvalue weighted by atomic mass is 16.3. The molecule has 0 aliphatic carbocycles. The molecule has 0 fully saturated rings. The van der Waals surface area contributed by atoms with Gasteiger partial charge in [-0.3, -0.25) is 9.78 Å². The minimum absolute atomic E-state index is 0.125. The summed E-state index contributed by atoms with van der Waals surface area (Å²) in [6.07, 6.45) is 0.810. The first-order valence-corrected chi connectivity index (χ1v) is 10.5. The maximum atomic E-state index is 12.8. The zero-order valence-electron chi connectivity index (χ0n) is 17.4. The first kappa shape index (κ1) is 19.4. The molecule has 0 saturated heterocycles. The van der Waals surface area contributed by atoms with E-state index in [0.29, 0.717) is 18.2 Å². The van der Waals surface area contributed by atoms with Crippen LogP contribution in [-0.2, 0) is 6.42 Å². The number of aromatic hydroxyl groups is 1. The van der Waals surface area contributed by atoms with Crippen molar-refractivity contribution in [2.24, 2.45) is 0 Å².